The molecule has 0 saturated carbocycles. The van der Waals surface area contributed by atoms with Crippen LogP contribution in [0.3, 0.4) is 0 Å². The number of nitrogens with zero attached hydrogens (tertiary/aromatic N) is 1. The largest absolute Gasteiger partial charge is 0.349 e. The number of nitrogens with one attached hydrogen (secondary N) is 2. The lowest BCUT2D eigenvalue weighted by molar-refractivity contribution is 0.0922. The maximum Gasteiger partial charge on any atom is 0.251 e. The van der Waals surface area contributed by atoms with Crippen LogP contribution in [-0.4, -0.2) is 30.0 Å². The van der Waals surface area contributed by atoms with E-state index in [0.717, 1.165) is 13.1 Å². The van der Waals surface area contributed by atoms with E-state index >= 15 is 0 Å². The molecule has 1 fully saturated rings. The second-order valence-electron chi connectivity index (χ2n) is 4.60. The summed E-state index contributed by atoms with van der Waals surface area (Å²) in [6.45, 7) is 4.18. The highest BCUT2D eigenvalue weighted by Crippen LogP contribution is 2.14. The van der Waals surface area contributed by atoms with E-state index in [4.69, 9.17) is 0 Å². The lowest BCUT2D eigenvalue weighted by Crippen LogP contribution is -2.44. The minimum Gasteiger partial charge on any atom is -0.349 e. The summed E-state index contributed by atoms with van der Waals surface area (Å²) < 4.78 is 0. The first-order valence-corrected chi connectivity index (χ1v) is 6.19. The van der Waals surface area contributed by atoms with E-state index in [2.05, 4.69) is 22.5 Å². The first kappa shape index (κ1) is 12.0. The predicted octanol–water partition coefficient (Wildman–Crippen LogP) is 1.20. The third-order valence-corrected chi connectivity index (χ3v) is 3.34. The maximum atomic E-state index is 11.9. The van der Waals surface area contributed by atoms with Crippen molar-refractivity contribution in [3.05, 3.63) is 30.1 Å². The van der Waals surface area contributed by atoms with E-state index in [1.165, 1.54) is 12.8 Å². The summed E-state index contributed by atoms with van der Waals surface area (Å²) in [7, 11) is 0. The fourth-order valence-electron chi connectivity index (χ4n) is 2.22. The average Bonchev–Trinajstić information content (AvgIpc) is 2.40. The fraction of sp³-hybridized carbons (Fsp3) is 0.538. The molecule has 2 atom stereocenters. The van der Waals surface area contributed by atoms with Gasteiger partial charge in [0.15, 0.2) is 0 Å². The number of carbonyl (C=O) groups is 1. The number of aromatic nitrogens is 1. The van der Waals surface area contributed by atoms with Gasteiger partial charge >= 0.3 is 0 Å². The van der Waals surface area contributed by atoms with Crippen LogP contribution in [0, 0.1) is 5.92 Å². The molecule has 1 aliphatic heterocycles. The van der Waals surface area contributed by atoms with Gasteiger partial charge in [0.25, 0.3) is 5.91 Å². The molecular weight excluding hydrogens is 214 g/mol. The zero-order chi connectivity index (χ0) is 12.1. The molecule has 1 aromatic heterocycles. The van der Waals surface area contributed by atoms with E-state index in [1.807, 2.05) is 0 Å². The van der Waals surface area contributed by atoms with Crippen molar-refractivity contribution in [2.45, 2.75) is 25.8 Å². The Morgan fingerprint density at radius 2 is 2.29 bits per heavy atom. The highest BCUT2D eigenvalue weighted by atomic mass is 16.1. The summed E-state index contributed by atoms with van der Waals surface area (Å²) in [6, 6.07) is 3.69. The summed E-state index contributed by atoms with van der Waals surface area (Å²) in [5.41, 5.74) is 0.676. The van der Waals surface area contributed by atoms with Crippen LogP contribution in [0.2, 0.25) is 0 Å². The van der Waals surface area contributed by atoms with Crippen LogP contribution in [0.4, 0.5) is 0 Å². The first-order chi connectivity index (χ1) is 8.27. The Balaban J connectivity index is 1.89. The van der Waals surface area contributed by atoms with Gasteiger partial charge in [-0.2, -0.15) is 0 Å². The quantitative estimate of drug-likeness (QED) is 0.825. The van der Waals surface area contributed by atoms with Gasteiger partial charge in [0.1, 0.15) is 0 Å². The van der Waals surface area contributed by atoms with Crippen LogP contribution < -0.4 is 10.6 Å². The van der Waals surface area contributed by atoms with Crippen molar-refractivity contribution in [1.29, 1.82) is 0 Å². The summed E-state index contributed by atoms with van der Waals surface area (Å²) in [4.78, 5) is 15.8. The third kappa shape index (κ3) is 3.27. The number of hydrogen-bond donors (Lipinski definition) is 2. The van der Waals surface area contributed by atoms with Crippen molar-refractivity contribution in [2.24, 2.45) is 5.92 Å². The molecule has 2 N–H and O–H groups in total. The van der Waals surface area contributed by atoms with Crippen LogP contribution in [-0.2, 0) is 0 Å². The molecule has 1 amide bonds. The molecule has 0 spiro atoms. The topological polar surface area (TPSA) is 54.0 Å². The van der Waals surface area contributed by atoms with Gasteiger partial charge in [-0.05, 0) is 50.9 Å². The second kappa shape index (κ2) is 5.77. The molecular formula is C13H19N3O. The third-order valence-electron chi connectivity index (χ3n) is 3.34. The molecule has 17 heavy (non-hydrogen) atoms. The Morgan fingerprint density at radius 3 is 2.94 bits per heavy atom. The number of piperidine rings is 1. The van der Waals surface area contributed by atoms with Gasteiger partial charge in [-0.3, -0.25) is 9.78 Å². The normalized spacial score (nSPS) is 21.8. The van der Waals surface area contributed by atoms with E-state index in [1.54, 1.807) is 24.5 Å². The highest BCUT2D eigenvalue weighted by Gasteiger charge is 2.21. The molecule has 4 nitrogen and oxygen atoms in total. The molecule has 1 aromatic rings. The summed E-state index contributed by atoms with van der Waals surface area (Å²) in [5.74, 6) is 0.528. The molecule has 0 bridgehead atoms. The van der Waals surface area contributed by atoms with E-state index in [-0.39, 0.29) is 11.9 Å². The second-order valence-corrected chi connectivity index (χ2v) is 4.60. The van der Waals surface area contributed by atoms with Crippen molar-refractivity contribution >= 4 is 5.91 Å². The molecule has 0 aromatic carbocycles. The minimum atomic E-state index is -0.00882. The predicted molar refractivity (Wildman–Crippen MR) is 66.8 cm³/mol. The monoisotopic (exact) mass is 233 g/mol. The number of amides is 1. The molecule has 1 aliphatic rings. The van der Waals surface area contributed by atoms with Crippen molar-refractivity contribution in [2.75, 3.05) is 13.1 Å². The Morgan fingerprint density at radius 1 is 1.53 bits per heavy atom. The van der Waals surface area contributed by atoms with Gasteiger partial charge in [0.2, 0.25) is 0 Å². The molecule has 92 valence electrons. The van der Waals surface area contributed by atoms with E-state index < -0.39 is 0 Å². The number of hydrogen-bond acceptors (Lipinski definition) is 3. The zero-order valence-electron chi connectivity index (χ0n) is 10.1. The Labute approximate surface area is 102 Å². The van der Waals surface area contributed by atoms with Crippen molar-refractivity contribution < 1.29 is 4.79 Å². The van der Waals surface area contributed by atoms with Gasteiger partial charge in [0, 0.05) is 24.0 Å². The van der Waals surface area contributed by atoms with E-state index in [9.17, 15) is 4.79 Å². The zero-order valence-corrected chi connectivity index (χ0v) is 10.1. The molecule has 1 saturated heterocycles. The Hall–Kier alpha value is -1.42. The van der Waals surface area contributed by atoms with Crippen molar-refractivity contribution in [3.8, 4) is 0 Å². The van der Waals surface area contributed by atoms with Crippen molar-refractivity contribution in [3.63, 3.8) is 0 Å². The smallest absolute Gasteiger partial charge is 0.251 e. The highest BCUT2D eigenvalue weighted by molar-refractivity contribution is 5.94. The van der Waals surface area contributed by atoms with Crippen LogP contribution in [0.25, 0.3) is 0 Å². The number of rotatable bonds is 3. The Kier molecular flexibility index (Phi) is 4.09. The first-order valence-electron chi connectivity index (χ1n) is 6.19. The molecule has 0 radical (unpaired) electrons. The summed E-state index contributed by atoms with van der Waals surface area (Å²) >= 11 is 0. The van der Waals surface area contributed by atoms with Gasteiger partial charge < -0.3 is 10.6 Å². The van der Waals surface area contributed by atoms with Crippen LogP contribution in [0.15, 0.2) is 24.5 Å². The molecule has 2 rings (SSSR count). The van der Waals surface area contributed by atoms with E-state index in [0.29, 0.717) is 11.5 Å². The van der Waals surface area contributed by atoms with Gasteiger partial charge in [-0.1, -0.05) is 0 Å². The number of pyridine rings is 1. The molecule has 2 unspecified atom stereocenters. The van der Waals surface area contributed by atoms with Crippen molar-refractivity contribution in [1.82, 2.24) is 15.6 Å². The van der Waals surface area contributed by atoms with Crippen LogP contribution in [0.1, 0.15) is 30.1 Å². The SMILES string of the molecule is CC(NC(=O)c1ccncc1)C1CCCNC1. The average molecular weight is 233 g/mol. The lowest BCUT2D eigenvalue weighted by Gasteiger charge is -2.28. The van der Waals surface area contributed by atoms with Gasteiger partial charge in [-0.25, -0.2) is 0 Å². The lowest BCUT2D eigenvalue weighted by atomic mass is 9.92. The molecule has 2 heterocycles. The standard InChI is InChI=1S/C13H19N3O/c1-10(12-3-2-6-15-9-12)16-13(17)11-4-7-14-8-5-11/h4-5,7-8,10,12,15H,2-3,6,9H2,1H3,(H,16,17). The minimum absolute atomic E-state index is 0.00882. The molecule has 0 aliphatic carbocycles. The van der Waals surface area contributed by atoms with Gasteiger partial charge in [-0.15, -0.1) is 0 Å². The fourth-order valence-corrected chi connectivity index (χ4v) is 2.22. The van der Waals surface area contributed by atoms with Crippen LogP contribution >= 0.6 is 0 Å². The molecule has 4 heteroatoms. The summed E-state index contributed by atoms with van der Waals surface area (Å²) in [5, 5.41) is 6.43. The summed E-state index contributed by atoms with van der Waals surface area (Å²) in [6.07, 6.45) is 5.66. The van der Waals surface area contributed by atoms with Gasteiger partial charge in [0.05, 0.1) is 0 Å². The number of carbonyl (C=O) groups excluding carboxylic acids is 1. The maximum absolute atomic E-state index is 11.9. The van der Waals surface area contributed by atoms with Crippen LogP contribution in [0.5, 0.6) is 0 Å². The Bertz CT molecular complexity index is 360.